The van der Waals surface area contributed by atoms with Crippen LogP contribution in [0.5, 0.6) is 11.5 Å². The van der Waals surface area contributed by atoms with Gasteiger partial charge in [0.2, 0.25) is 5.41 Å². The second kappa shape index (κ2) is 5.42. The summed E-state index contributed by atoms with van der Waals surface area (Å²) in [5.41, 5.74) is -4.13. The van der Waals surface area contributed by atoms with Gasteiger partial charge >= 0.3 is 12.4 Å². The number of alkyl halides is 6. The molecule has 9 heteroatoms. The van der Waals surface area contributed by atoms with Gasteiger partial charge in [0.25, 0.3) is 0 Å². The van der Waals surface area contributed by atoms with Crippen molar-refractivity contribution in [3.63, 3.8) is 0 Å². The van der Waals surface area contributed by atoms with Gasteiger partial charge in [-0.25, -0.2) is 0 Å². The van der Waals surface area contributed by atoms with Gasteiger partial charge in [0.1, 0.15) is 0 Å². The summed E-state index contributed by atoms with van der Waals surface area (Å²) in [5, 5.41) is 0.475. The Bertz CT molecular complexity index is 1130. The Hall–Kier alpha value is -2.26. The highest BCUT2D eigenvalue weighted by molar-refractivity contribution is 7.21. The third-order valence-corrected chi connectivity index (χ3v) is 7.38. The first-order valence-corrected chi connectivity index (χ1v) is 9.65. The quantitative estimate of drug-likeness (QED) is 0.261. The van der Waals surface area contributed by atoms with Crippen LogP contribution in [-0.4, -0.2) is 12.4 Å². The molecule has 28 heavy (non-hydrogen) atoms. The molecule has 0 fully saturated rings. The highest BCUT2D eigenvalue weighted by Crippen LogP contribution is 2.68. The summed E-state index contributed by atoms with van der Waals surface area (Å²) < 4.78 is 92.4. The van der Waals surface area contributed by atoms with E-state index in [1.54, 1.807) is 24.3 Å². The van der Waals surface area contributed by atoms with E-state index in [0.29, 0.717) is 32.1 Å². The summed E-state index contributed by atoms with van der Waals surface area (Å²) in [6.07, 6.45) is -11.2. The Morgan fingerprint density at radius 2 is 1.04 bits per heavy atom. The fourth-order valence-electron chi connectivity index (χ4n) is 3.62. The third-order valence-electron chi connectivity index (χ3n) is 4.84. The van der Waals surface area contributed by atoms with Crippen molar-refractivity contribution >= 4 is 42.8 Å². The van der Waals surface area contributed by atoms with Crippen LogP contribution in [-0.2, 0) is 5.41 Å². The van der Waals surface area contributed by atoms with E-state index in [1.165, 1.54) is 24.3 Å². The first kappa shape index (κ1) is 17.8. The van der Waals surface area contributed by atoms with Gasteiger partial charge < -0.3 is 4.74 Å². The minimum Gasteiger partial charge on any atom is -0.454 e. The molecule has 5 rings (SSSR count). The summed E-state index contributed by atoms with van der Waals surface area (Å²) in [5.74, 6) is -0.738. The van der Waals surface area contributed by atoms with Crippen molar-refractivity contribution in [1.29, 1.82) is 0 Å². The summed E-state index contributed by atoms with van der Waals surface area (Å²) in [6, 6.07) is 12.2. The predicted molar refractivity (Wildman–Crippen MR) is 96.6 cm³/mol. The molecule has 0 N–H and O–H groups in total. The molecule has 0 radical (unpaired) electrons. The van der Waals surface area contributed by atoms with Crippen LogP contribution in [0.15, 0.2) is 48.5 Å². The summed E-state index contributed by atoms with van der Waals surface area (Å²) >= 11 is 0.951. The molecule has 0 spiro atoms. The summed E-state index contributed by atoms with van der Waals surface area (Å²) in [7, 11) is 0. The highest BCUT2D eigenvalue weighted by Gasteiger charge is 2.77. The molecule has 0 bridgehead atoms. The largest absolute Gasteiger partial charge is 0.454 e. The number of fused-ring (bicyclic) bond motifs is 6. The zero-order valence-electron chi connectivity index (χ0n) is 13.6. The van der Waals surface area contributed by atoms with E-state index in [1.807, 2.05) is 0 Å². The van der Waals surface area contributed by atoms with E-state index < -0.39 is 27.5 Å². The Balaban J connectivity index is 2.01. The molecule has 1 nitrogen and oxygen atoms in total. The van der Waals surface area contributed by atoms with Crippen molar-refractivity contribution in [2.45, 2.75) is 17.8 Å². The molecule has 0 amide bonds. The van der Waals surface area contributed by atoms with Gasteiger partial charge in [-0.3, -0.25) is 0 Å². The van der Waals surface area contributed by atoms with Crippen LogP contribution in [0, 0.1) is 0 Å². The van der Waals surface area contributed by atoms with E-state index in [4.69, 9.17) is 4.74 Å². The molecule has 3 heterocycles. The Morgan fingerprint density at radius 3 is 1.43 bits per heavy atom. The molecular weight excluding hydrogens is 422 g/mol. The zero-order chi connectivity index (χ0) is 19.9. The summed E-state index contributed by atoms with van der Waals surface area (Å²) in [4.78, 5) is -1.74. The van der Waals surface area contributed by atoms with Crippen molar-refractivity contribution in [1.82, 2.24) is 0 Å². The summed E-state index contributed by atoms with van der Waals surface area (Å²) in [6.45, 7) is 0. The van der Waals surface area contributed by atoms with Gasteiger partial charge in [-0.05, 0) is 24.3 Å². The van der Waals surface area contributed by atoms with Crippen molar-refractivity contribution in [2.24, 2.45) is 0 Å². The van der Waals surface area contributed by atoms with Gasteiger partial charge in [0.15, 0.2) is 11.5 Å². The molecule has 0 atom stereocenters. The van der Waals surface area contributed by atoms with Crippen LogP contribution in [0.3, 0.4) is 0 Å². The van der Waals surface area contributed by atoms with Crippen LogP contribution in [0.25, 0.3) is 20.2 Å². The van der Waals surface area contributed by atoms with Gasteiger partial charge in [0, 0.05) is 20.2 Å². The van der Waals surface area contributed by atoms with E-state index in [0.717, 1.165) is 0 Å². The van der Waals surface area contributed by atoms with E-state index in [2.05, 4.69) is 0 Å². The lowest BCUT2D eigenvalue weighted by Crippen LogP contribution is -2.54. The smallest absolute Gasteiger partial charge is 0.413 e. The van der Waals surface area contributed by atoms with E-state index >= 15 is 0 Å². The van der Waals surface area contributed by atoms with Crippen LogP contribution < -0.4 is 4.74 Å². The maximum absolute atomic E-state index is 14.3. The van der Waals surface area contributed by atoms with Gasteiger partial charge in [-0.2, -0.15) is 26.3 Å². The number of thiophene rings is 2. The molecule has 0 unspecified atom stereocenters. The molecule has 1 aliphatic rings. The zero-order valence-corrected chi connectivity index (χ0v) is 15.2. The first-order valence-electron chi connectivity index (χ1n) is 8.01. The lowest BCUT2D eigenvalue weighted by atomic mass is 9.80. The Morgan fingerprint density at radius 1 is 0.643 bits per heavy atom. The first-order chi connectivity index (χ1) is 13.2. The SMILES string of the molecule is FC(F)(F)C1(C(F)(F)F)c2sc3ccccc3c2Oc2c1sc1ccccc21. The number of halogens is 6. The lowest BCUT2D eigenvalue weighted by Gasteiger charge is -2.39. The van der Waals surface area contributed by atoms with Crippen molar-refractivity contribution in [3.05, 3.63) is 58.3 Å². The molecule has 0 aliphatic carbocycles. The standard InChI is InChI=1S/C19H8F6OS2/c20-18(21,22)17(19(23,24)25)15-13(9-5-1-3-7-11(9)27-15)26-14-10-6-2-4-8-12(10)28-16(14)17/h1-8H. The van der Waals surface area contributed by atoms with Crippen molar-refractivity contribution in [2.75, 3.05) is 0 Å². The Kier molecular flexibility index (Phi) is 3.45. The topological polar surface area (TPSA) is 9.23 Å². The average Bonchev–Trinajstić information content (AvgIpc) is 3.15. The van der Waals surface area contributed by atoms with E-state index in [9.17, 15) is 26.3 Å². The van der Waals surface area contributed by atoms with E-state index in [-0.39, 0.29) is 22.3 Å². The monoisotopic (exact) mass is 430 g/mol. The minimum atomic E-state index is -5.60. The predicted octanol–water partition coefficient (Wildman–Crippen LogP) is 7.63. The molecule has 0 saturated heterocycles. The maximum atomic E-state index is 14.3. The maximum Gasteiger partial charge on any atom is 0.413 e. The molecule has 144 valence electrons. The number of hydrogen-bond acceptors (Lipinski definition) is 3. The Labute approximate surface area is 161 Å². The minimum absolute atomic E-state index is 0.237. The molecule has 2 aromatic heterocycles. The normalized spacial score (nSPS) is 16.1. The highest BCUT2D eigenvalue weighted by atomic mass is 32.1. The van der Waals surface area contributed by atoms with Gasteiger partial charge in [-0.1, -0.05) is 24.3 Å². The van der Waals surface area contributed by atoms with Gasteiger partial charge in [0.05, 0.1) is 9.75 Å². The average molecular weight is 430 g/mol. The number of rotatable bonds is 0. The molecule has 4 aromatic rings. The molecule has 0 saturated carbocycles. The fourth-order valence-corrected chi connectivity index (χ4v) is 6.42. The van der Waals surface area contributed by atoms with Crippen LogP contribution in [0.1, 0.15) is 9.75 Å². The molecule has 1 aliphatic heterocycles. The van der Waals surface area contributed by atoms with Crippen LogP contribution in [0.2, 0.25) is 0 Å². The number of hydrogen-bond donors (Lipinski definition) is 0. The molecule has 2 aromatic carbocycles. The molecular formula is C19H8F6OS2. The number of ether oxygens (including phenoxy) is 1. The fraction of sp³-hybridized carbons (Fsp3) is 0.158. The van der Waals surface area contributed by atoms with Crippen LogP contribution in [0.4, 0.5) is 26.3 Å². The van der Waals surface area contributed by atoms with Crippen LogP contribution >= 0.6 is 22.7 Å². The number of benzene rings is 2. The second-order valence-corrected chi connectivity index (χ2v) is 8.46. The third kappa shape index (κ3) is 2.03. The second-order valence-electron chi connectivity index (χ2n) is 6.36. The lowest BCUT2D eigenvalue weighted by molar-refractivity contribution is -0.287. The van der Waals surface area contributed by atoms with Gasteiger partial charge in [-0.15, -0.1) is 22.7 Å². The van der Waals surface area contributed by atoms with Crippen molar-refractivity contribution in [3.8, 4) is 11.5 Å². The van der Waals surface area contributed by atoms with Crippen molar-refractivity contribution < 1.29 is 31.1 Å².